The number of para-hydroxylation sites is 3. The van der Waals surface area contributed by atoms with Gasteiger partial charge < -0.3 is 44.7 Å². The second-order valence-corrected chi connectivity index (χ2v) is 39.3. The largest absolute Gasteiger partial charge is 4.00 e. The van der Waals surface area contributed by atoms with E-state index in [9.17, 15) is 57.1 Å². The predicted molar refractivity (Wildman–Crippen MR) is 534 cm³/mol. The Hall–Kier alpha value is -14.6. The smallest absolute Gasteiger partial charge is 0.573 e. The maximum absolute atomic E-state index is 14.9. The maximum atomic E-state index is 14.9. The molecule has 0 aliphatic carbocycles. The number of alkyl halides is 6. The van der Waals surface area contributed by atoms with E-state index in [1.54, 1.807) is 91.0 Å². The van der Waals surface area contributed by atoms with E-state index in [1.165, 1.54) is 16.8 Å². The van der Waals surface area contributed by atoms with E-state index in [4.69, 9.17) is 4.98 Å². The van der Waals surface area contributed by atoms with Gasteiger partial charge in [-0.1, -0.05) is 268 Å². The Kier molecular flexibility index (Phi) is 35.5. The van der Waals surface area contributed by atoms with Crippen LogP contribution >= 0.6 is 11.8 Å². The molecular formula is C113H74F13N17Pt4SSi+2. The summed E-state index contributed by atoms with van der Waals surface area (Å²) in [6, 6.07) is 120. The van der Waals surface area contributed by atoms with Crippen molar-refractivity contribution in [2.45, 2.75) is 61.7 Å². The van der Waals surface area contributed by atoms with Gasteiger partial charge in [0.2, 0.25) is 0 Å². The summed E-state index contributed by atoms with van der Waals surface area (Å²) in [7, 11) is -2.55. The Balaban J connectivity index is 0.000000158. The molecule has 750 valence electrons. The van der Waals surface area contributed by atoms with Gasteiger partial charge in [-0.15, -0.1) is 95.0 Å². The molecule has 0 amide bonds. The van der Waals surface area contributed by atoms with Crippen LogP contribution in [0.3, 0.4) is 0 Å². The summed E-state index contributed by atoms with van der Waals surface area (Å²) in [6.07, 6.45) is -6.39. The summed E-state index contributed by atoms with van der Waals surface area (Å²) in [5, 5.41) is 23.4. The van der Waals surface area contributed by atoms with Crippen molar-refractivity contribution in [1.29, 1.82) is 0 Å². The Morgan fingerprint density at radius 3 is 1.34 bits per heavy atom. The van der Waals surface area contributed by atoms with Crippen molar-refractivity contribution in [1.82, 2.24) is 70.0 Å². The molecule has 36 heteroatoms. The average molecular weight is 2760 g/mol. The fraction of sp³-hybridized carbons (Fsp3) is 0.0708. The van der Waals surface area contributed by atoms with Gasteiger partial charge in [0.1, 0.15) is 28.2 Å². The summed E-state index contributed by atoms with van der Waals surface area (Å²) in [4.78, 5) is 41.1. The molecule has 0 aliphatic rings. The molecular weight excluding hydrogens is 2680 g/mol. The third-order valence-corrected chi connectivity index (χ3v) is 26.5. The van der Waals surface area contributed by atoms with Crippen LogP contribution in [-0.2, 0) is 102 Å². The normalized spacial score (nSPS) is 11.2. The molecule has 21 rings (SSSR count). The molecule has 17 nitrogen and oxygen atoms in total. The van der Waals surface area contributed by atoms with Crippen molar-refractivity contribution in [2.24, 2.45) is 0 Å². The molecule has 0 fully saturated rings. The molecule has 0 aliphatic heterocycles. The van der Waals surface area contributed by atoms with Crippen molar-refractivity contribution in [3.05, 3.63) is 453 Å². The quantitative estimate of drug-likeness (QED) is 0.0398. The van der Waals surface area contributed by atoms with E-state index in [1.807, 2.05) is 142 Å². The molecule has 0 radical (unpaired) electrons. The average Bonchev–Trinajstić information content (AvgIpc) is 1.66. The van der Waals surface area contributed by atoms with E-state index in [2.05, 4.69) is 216 Å². The number of nitrogens with zero attached hydrogens (tertiary/aromatic N) is 17. The fourth-order valence-electron chi connectivity index (χ4n) is 15.5. The molecule has 0 N–H and O–H groups in total. The first-order valence-corrected chi connectivity index (χ1v) is 48.5. The first kappa shape index (κ1) is 110. The summed E-state index contributed by atoms with van der Waals surface area (Å²) in [5.41, 5.74) is 9.02. The van der Waals surface area contributed by atoms with Crippen LogP contribution in [0.2, 0.25) is 13.1 Å². The number of hydrogen-bond donors (Lipinski definition) is 0. The number of hydrogen-bond acceptors (Lipinski definition) is 15. The van der Waals surface area contributed by atoms with Crippen LogP contribution < -0.4 is 35.5 Å². The number of rotatable bonds is 20. The fourth-order valence-corrected chi connectivity index (χ4v) is 18.4. The Labute approximate surface area is 909 Å². The predicted octanol–water partition coefficient (Wildman–Crippen LogP) is 27.6. The molecule has 0 unspecified atom stereocenters. The van der Waals surface area contributed by atoms with Crippen LogP contribution in [0.1, 0.15) is 38.1 Å². The van der Waals surface area contributed by atoms with Gasteiger partial charge in [-0.05, 0) is 166 Å². The Bertz CT molecular complexity index is 8230. The van der Waals surface area contributed by atoms with Crippen molar-refractivity contribution in [3.8, 4) is 73.6 Å². The second kappa shape index (κ2) is 48.1. The number of benzene rings is 12. The zero-order valence-corrected chi connectivity index (χ0v) is 89.2. The van der Waals surface area contributed by atoms with Crippen molar-refractivity contribution in [2.75, 3.05) is 14.7 Å². The Morgan fingerprint density at radius 2 is 0.812 bits per heavy atom. The number of pyridine rings is 6. The topological polar surface area (TPSA) is 185 Å². The van der Waals surface area contributed by atoms with Gasteiger partial charge in [0.15, 0.2) is 8.07 Å². The van der Waals surface area contributed by atoms with Gasteiger partial charge in [-0.3, -0.25) is 56.3 Å². The van der Waals surface area contributed by atoms with Crippen molar-refractivity contribution < 1.29 is 141 Å². The minimum absolute atomic E-state index is 0. The summed E-state index contributed by atoms with van der Waals surface area (Å²) >= 11 is 1.10. The van der Waals surface area contributed by atoms with Gasteiger partial charge in [0.05, 0.1) is 22.4 Å². The number of fused-ring (bicyclic) bond motifs is 2. The molecule has 0 saturated carbocycles. The summed E-state index contributed by atoms with van der Waals surface area (Å²) < 4.78 is 175. The van der Waals surface area contributed by atoms with Gasteiger partial charge >= 0.3 is 96.6 Å². The second-order valence-electron chi connectivity index (χ2n) is 33.9. The minimum atomic E-state index is -4.70. The van der Waals surface area contributed by atoms with Crippen LogP contribution in [0, 0.1) is 77.4 Å². The Morgan fingerprint density at radius 1 is 0.362 bits per heavy atom. The van der Waals surface area contributed by atoms with Crippen molar-refractivity contribution >= 4 is 103 Å². The molecule has 149 heavy (non-hydrogen) atoms. The van der Waals surface area contributed by atoms with E-state index >= 15 is 0 Å². The zero-order valence-electron chi connectivity index (χ0n) is 78.3. The molecule has 0 spiro atoms. The molecule has 0 bridgehead atoms. The molecule has 0 saturated heterocycles. The standard InChI is InChI=1S/C44H29FN2.C28H22F2N6.C22H15F5N4Si.C19H8F5N5S.4Pt/c45-42-27-12-26-41-40(42)25-13-29-44(41)47(36-20-5-2-6-21-36)38-23-10-17-34(31-38)33-16-9-22-37(30-33)46(35-18-3-1-4-19-35)43-28-11-15-32-14-7-8-24-39(32)43;1-28(2,3)27-31-18-35(34-27)24-12-8-14-26(33-24)36(20-9-5-4-6-10-20)25-13-7-11-23(32-25)21-16-15-19(29)17-22(21)30;1-32(2,20-7-3-5-16(28-20)14-10-9-13(23)11-15(14)24)21-8-4-6-17(29-21)18-12-19(31-30-18)22(25,26)27;20-10-7-8-11(12(21)9-10)13-3-1-5-15(25-13)30-16-6-2-4-14(26-16)17-27-18(29-28-17)19(22,23)24;;;;/h1-23,25,27-31H;4-15,17H,1-3H3;3-9,11-12H,1-2H3;1-7,9H;;;;/q4*-2;3*+2;+4. The number of halogens is 13. The van der Waals surface area contributed by atoms with E-state index in [0.29, 0.717) is 60.7 Å². The first-order chi connectivity index (χ1) is 69.9. The monoisotopic (exact) mass is 2760 g/mol. The summed E-state index contributed by atoms with van der Waals surface area (Å²) in [5.74, 6) is -4.09. The third-order valence-electron chi connectivity index (χ3n) is 22.5. The van der Waals surface area contributed by atoms with Gasteiger partial charge in [-0.2, -0.15) is 26.3 Å². The van der Waals surface area contributed by atoms with Gasteiger partial charge in [0, 0.05) is 91.8 Å². The van der Waals surface area contributed by atoms with Crippen LogP contribution in [0.4, 0.5) is 109 Å². The molecule has 9 aromatic heterocycles. The molecule has 12 aromatic carbocycles. The number of anilines is 9. The minimum Gasteiger partial charge on any atom is -0.573 e. The van der Waals surface area contributed by atoms with Crippen LogP contribution in [0.5, 0.6) is 0 Å². The zero-order chi connectivity index (χ0) is 101. The van der Waals surface area contributed by atoms with Gasteiger partial charge in [0.25, 0.3) is 0 Å². The van der Waals surface area contributed by atoms with Crippen molar-refractivity contribution in [3.63, 3.8) is 0 Å². The summed E-state index contributed by atoms with van der Waals surface area (Å²) in [6.45, 7) is 10.0. The third kappa shape index (κ3) is 25.9. The van der Waals surface area contributed by atoms with Crippen LogP contribution in [0.15, 0.2) is 368 Å². The maximum Gasteiger partial charge on any atom is 4.00 e. The van der Waals surface area contributed by atoms with Crippen LogP contribution in [-0.4, -0.2) is 67.9 Å². The van der Waals surface area contributed by atoms with E-state index < -0.39 is 66.8 Å². The first-order valence-electron chi connectivity index (χ1n) is 44.6. The SMILES string of the molecule is CC(C)(C)c1n[c-]n(-c2cccc(N(c3ccccc3)c3cccc(-c4[c-]cc(F)cc4F)n3)n2)n1.C[Si](C)(c1cccc(-c2cc(C(F)(F)F)n[n-]2)n1)c1cccc(-c2[c-]cc(F)cc2F)n1.Fc1c[c-]c(-c2cccc(Sc3cccc(-c4nc(C(F)(F)F)n[n-]4)n3)n2)c(F)c1.Fc1cc[c-]c2c(N(c3ccccc3)c3cccc(-c4cccc(N(c5ccccc5)c5cccc6ccc[c-]c56)c4)c3)cccc12.[Pt+2].[Pt+2].[Pt+2].[Pt+4]. The molecule has 21 aromatic rings. The van der Waals surface area contributed by atoms with Crippen LogP contribution in [0.25, 0.3) is 95.2 Å². The number of aromatic nitrogens is 14. The van der Waals surface area contributed by atoms with Gasteiger partial charge in [-0.25, -0.2) is 14.5 Å². The molecule has 9 heterocycles. The van der Waals surface area contributed by atoms with E-state index in [0.717, 1.165) is 121 Å². The molecule has 0 atom stereocenters. The van der Waals surface area contributed by atoms with E-state index in [-0.39, 0.29) is 141 Å².